The Morgan fingerprint density at radius 1 is 1.69 bits per heavy atom. The molecule has 0 aromatic heterocycles. The van der Waals surface area contributed by atoms with E-state index in [9.17, 15) is 9.90 Å². The van der Waals surface area contributed by atoms with Crippen LogP contribution in [0.25, 0.3) is 0 Å². The second-order valence-electron chi connectivity index (χ2n) is 4.04. The molecule has 76 valence electrons. The molecule has 1 amide bonds. The van der Waals surface area contributed by atoms with E-state index in [0.717, 1.165) is 19.3 Å². The summed E-state index contributed by atoms with van der Waals surface area (Å²) in [6.07, 6.45) is 2.98. The molecule has 0 aliphatic heterocycles. The van der Waals surface area contributed by atoms with Gasteiger partial charge in [0.15, 0.2) is 0 Å². The van der Waals surface area contributed by atoms with Crippen LogP contribution in [0.3, 0.4) is 0 Å². The van der Waals surface area contributed by atoms with Gasteiger partial charge in [-0.2, -0.15) is 0 Å². The number of nitrogens with two attached hydrogens (primary N) is 1. The van der Waals surface area contributed by atoms with Gasteiger partial charge in [0.1, 0.15) is 0 Å². The lowest BCUT2D eigenvalue weighted by atomic mass is 9.80. The quantitative estimate of drug-likeness (QED) is 0.567. The average molecular weight is 186 g/mol. The normalized spacial score (nSPS) is 21.8. The second-order valence-corrected chi connectivity index (χ2v) is 4.04. The summed E-state index contributed by atoms with van der Waals surface area (Å²) >= 11 is 0. The van der Waals surface area contributed by atoms with E-state index in [1.165, 1.54) is 0 Å². The van der Waals surface area contributed by atoms with E-state index < -0.39 is 5.60 Å². The van der Waals surface area contributed by atoms with E-state index in [1.54, 1.807) is 6.92 Å². The van der Waals surface area contributed by atoms with Crippen LogP contribution < -0.4 is 11.1 Å². The van der Waals surface area contributed by atoms with Crippen molar-refractivity contribution in [2.24, 2.45) is 5.73 Å². The Labute approximate surface area is 78.5 Å². The van der Waals surface area contributed by atoms with E-state index in [4.69, 9.17) is 5.73 Å². The molecule has 0 aromatic rings. The number of rotatable bonds is 4. The molecule has 1 rings (SSSR count). The molecule has 13 heavy (non-hydrogen) atoms. The first-order chi connectivity index (χ1) is 6.02. The molecule has 0 radical (unpaired) electrons. The summed E-state index contributed by atoms with van der Waals surface area (Å²) in [6.45, 7) is 2.16. The molecule has 4 heteroatoms. The molecule has 0 heterocycles. The third-order valence-electron chi connectivity index (χ3n) is 2.41. The maximum absolute atomic E-state index is 11.1. The maximum Gasteiger partial charge on any atom is 0.221 e. The number of hydrogen-bond acceptors (Lipinski definition) is 3. The van der Waals surface area contributed by atoms with Gasteiger partial charge in [-0.3, -0.25) is 4.79 Å². The fraction of sp³-hybridized carbons (Fsp3) is 0.889. The van der Waals surface area contributed by atoms with Crippen LogP contribution in [-0.4, -0.2) is 29.2 Å². The summed E-state index contributed by atoms with van der Waals surface area (Å²) in [5, 5.41) is 12.3. The van der Waals surface area contributed by atoms with Gasteiger partial charge in [-0.15, -0.1) is 0 Å². The van der Waals surface area contributed by atoms with E-state index in [-0.39, 0.29) is 11.9 Å². The molecule has 4 nitrogen and oxygen atoms in total. The minimum absolute atomic E-state index is 0.0738. The van der Waals surface area contributed by atoms with Crippen LogP contribution in [0.1, 0.15) is 32.6 Å². The van der Waals surface area contributed by atoms with Crippen molar-refractivity contribution >= 4 is 5.91 Å². The number of amides is 1. The Balaban J connectivity index is 2.14. The van der Waals surface area contributed by atoms with E-state index in [0.29, 0.717) is 13.0 Å². The van der Waals surface area contributed by atoms with Gasteiger partial charge in [-0.1, -0.05) is 0 Å². The van der Waals surface area contributed by atoms with Gasteiger partial charge >= 0.3 is 0 Å². The van der Waals surface area contributed by atoms with E-state index in [1.807, 2.05) is 0 Å². The van der Waals surface area contributed by atoms with Gasteiger partial charge in [-0.05, 0) is 26.2 Å². The first kappa shape index (κ1) is 10.5. The van der Waals surface area contributed by atoms with Crippen molar-refractivity contribution in [3.8, 4) is 0 Å². The Kier molecular flexibility index (Phi) is 3.27. The highest BCUT2D eigenvalue weighted by Crippen LogP contribution is 2.30. The number of hydrogen-bond donors (Lipinski definition) is 3. The number of carbonyl (C=O) groups excluding carboxylic acids is 1. The van der Waals surface area contributed by atoms with Gasteiger partial charge in [0, 0.05) is 19.0 Å². The molecular weight excluding hydrogens is 168 g/mol. The van der Waals surface area contributed by atoms with Crippen molar-refractivity contribution in [3.63, 3.8) is 0 Å². The summed E-state index contributed by atoms with van der Waals surface area (Å²) in [5.41, 5.74) is 4.82. The molecule has 1 atom stereocenters. The highest BCUT2D eigenvalue weighted by molar-refractivity contribution is 5.76. The van der Waals surface area contributed by atoms with Crippen molar-refractivity contribution in [2.75, 3.05) is 6.54 Å². The third-order valence-corrected chi connectivity index (χ3v) is 2.41. The van der Waals surface area contributed by atoms with Crippen molar-refractivity contribution < 1.29 is 9.90 Å². The van der Waals surface area contributed by atoms with Crippen molar-refractivity contribution in [2.45, 2.75) is 44.2 Å². The van der Waals surface area contributed by atoms with Crippen LogP contribution in [0, 0.1) is 0 Å². The third kappa shape index (κ3) is 3.32. The summed E-state index contributed by atoms with van der Waals surface area (Å²) in [5.74, 6) is -0.0738. The summed E-state index contributed by atoms with van der Waals surface area (Å²) < 4.78 is 0. The first-order valence-corrected chi connectivity index (χ1v) is 4.76. The van der Waals surface area contributed by atoms with Gasteiger partial charge in [0.05, 0.1) is 5.60 Å². The zero-order valence-electron chi connectivity index (χ0n) is 8.05. The van der Waals surface area contributed by atoms with Crippen LogP contribution in [0.15, 0.2) is 0 Å². The highest BCUT2D eigenvalue weighted by atomic mass is 16.3. The Morgan fingerprint density at radius 3 is 2.69 bits per heavy atom. The van der Waals surface area contributed by atoms with Crippen LogP contribution >= 0.6 is 0 Å². The van der Waals surface area contributed by atoms with Crippen molar-refractivity contribution in [1.29, 1.82) is 0 Å². The summed E-state index contributed by atoms with van der Waals surface area (Å²) in [6, 6.07) is -0.115. The monoisotopic (exact) mass is 186 g/mol. The molecule has 4 N–H and O–H groups in total. The summed E-state index contributed by atoms with van der Waals surface area (Å²) in [7, 11) is 0. The minimum Gasteiger partial charge on any atom is -0.388 e. The van der Waals surface area contributed by atoms with Crippen LogP contribution in [0.5, 0.6) is 0 Å². The fourth-order valence-corrected chi connectivity index (χ4v) is 1.39. The SMILES string of the molecule is CC(N)CC(=O)NCC1(O)CCC1. The molecule has 0 spiro atoms. The van der Waals surface area contributed by atoms with Gasteiger partial charge in [-0.25, -0.2) is 0 Å². The zero-order chi connectivity index (χ0) is 9.90. The molecule has 0 aromatic carbocycles. The molecular formula is C9H18N2O2. The zero-order valence-corrected chi connectivity index (χ0v) is 8.05. The number of aliphatic hydroxyl groups is 1. The Hall–Kier alpha value is -0.610. The van der Waals surface area contributed by atoms with Gasteiger partial charge in [0.25, 0.3) is 0 Å². The maximum atomic E-state index is 11.1. The molecule has 1 unspecified atom stereocenters. The standard InChI is InChI=1S/C9H18N2O2/c1-7(10)5-8(12)11-6-9(13)3-2-4-9/h7,13H,2-6,10H2,1H3,(H,11,12). The molecule has 1 aliphatic carbocycles. The van der Waals surface area contributed by atoms with E-state index in [2.05, 4.69) is 5.32 Å². The van der Waals surface area contributed by atoms with Crippen LogP contribution in [-0.2, 0) is 4.79 Å². The number of carbonyl (C=O) groups is 1. The van der Waals surface area contributed by atoms with E-state index >= 15 is 0 Å². The summed E-state index contributed by atoms with van der Waals surface area (Å²) in [4.78, 5) is 11.1. The topological polar surface area (TPSA) is 75.4 Å². The Bertz CT molecular complexity index is 188. The van der Waals surface area contributed by atoms with Crippen molar-refractivity contribution in [3.05, 3.63) is 0 Å². The van der Waals surface area contributed by atoms with Crippen LogP contribution in [0.2, 0.25) is 0 Å². The minimum atomic E-state index is -0.631. The second kappa shape index (κ2) is 4.07. The molecule has 1 aliphatic rings. The first-order valence-electron chi connectivity index (χ1n) is 4.76. The molecule has 0 bridgehead atoms. The Morgan fingerprint density at radius 2 is 2.31 bits per heavy atom. The predicted molar refractivity (Wildman–Crippen MR) is 50.1 cm³/mol. The van der Waals surface area contributed by atoms with Crippen molar-refractivity contribution in [1.82, 2.24) is 5.32 Å². The smallest absolute Gasteiger partial charge is 0.221 e. The lowest BCUT2D eigenvalue weighted by molar-refractivity contribution is -0.123. The fourth-order valence-electron chi connectivity index (χ4n) is 1.39. The lowest BCUT2D eigenvalue weighted by Gasteiger charge is -2.36. The molecule has 0 saturated heterocycles. The van der Waals surface area contributed by atoms with Gasteiger partial charge in [0.2, 0.25) is 5.91 Å². The number of nitrogens with one attached hydrogen (secondary N) is 1. The average Bonchev–Trinajstić information content (AvgIpc) is 1.96. The molecule has 1 saturated carbocycles. The lowest BCUT2D eigenvalue weighted by Crippen LogP contribution is -2.48. The molecule has 1 fully saturated rings. The largest absolute Gasteiger partial charge is 0.388 e. The van der Waals surface area contributed by atoms with Crippen LogP contribution in [0.4, 0.5) is 0 Å². The highest BCUT2D eigenvalue weighted by Gasteiger charge is 2.34. The predicted octanol–water partition coefficient (Wildman–Crippen LogP) is -0.245. The van der Waals surface area contributed by atoms with Gasteiger partial charge < -0.3 is 16.2 Å².